The Morgan fingerprint density at radius 2 is 1.97 bits per heavy atom. The number of aromatic nitrogens is 4. The van der Waals surface area contributed by atoms with Crippen LogP contribution in [0.1, 0.15) is 79.6 Å². The second kappa shape index (κ2) is 11.1. The van der Waals surface area contributed by atoms with Crippen LogP contribution < -0.4 is 4.57 Å². The smallest absolute Gasteiger partial charge is 0.300 e. The SMILES string of the molecule is CO[N-]c1ncnc2c1n(C/C=C(\C)CC/C=C(\C)CCC1=C(C)CCCC1(C)C)c[n+]2C. The van der Waals surface area contributed by atoms with E-state index >= 15 is 0 Å². The predicted octanol–water partition coefficient (Wildman–Crippen LogP) is 6.80. The lowest BCUT2D eigenvalue weighted by molar-refractivity contribution is -0.647. The van der Waals surface area contributed by atoms with Crippen molar-refractivity contribution in [3.63, 3.8) is 0 Å². The minimum atomic E-state index is 0.378. The van der Waals surface area contributed by atoms with E-state index in [9.17, 15) is 0 Å². The van der Waals surface area contributed by atoms with Gasteiger partial charge >= 0.3 is 5.65 Å². The summed E-state index contributed by atoms with van der Waals surface area (Å²) in [6.45, 7) is 12.4. The monoisotopic (exact) mass is 451 g/mol. The van der Waals surface area contributed by atoms with Gasteiger partial charge in [-0.1, -0.05) is 48.3 Å². The molecule has 0 aliphatic heterocycles. The number of rotatable bonds is 10. The highest BCUT2D eigenvalue weighted by Gasteiger charge is 2.27. The van der Waals surface area contributed by atoms with Crippen molar-refractivity contribution >= 4 is 17.0 Å². The van der Waals surface area contributed by atoms with Crippen LogP contribution in [0.15, 0.2) is 47.1 Å². The van der Waals surface area contributed by atoms with Crippen LogP contribution in [-0.4, -0.2) is 21.6 Å². The molecule has 6 nitrogen and oxygen atoms in total. The molecule has 0 unspecified atom stereocenters. The molecule has 0 aromatic carbocycles. The third-order valence-electron chi connectivity index (χ3n) is 7.02. The van der Waals surface area contributed by atoms with Crippen LogP contribution >= 0.6 is 0 Å². The molecule has 0 amide bonds. The van der Waals surface area contributed by atoms with E-state index in [0.29, 0.717) is 11.2 Å². The minimum absolute atomic E-state index is 0.378. The quantitative estimate of drug-likeness (QED) is 0.227. The Labute approximate surface area is 199 Å². The molecule has 0 saturated carbocycles. The molecule has 2 aromatic heterocycles. The molecule has 33 heavy (non-hydrogen) atoms. The van der Waals surface area contributed by atoms with Crippen molar-refractivity contribution in [3.8, 4) is 0 Å². The van der Waals surface area contributed by atoms with E-state index in [4.69, 9.17) is 4.84 Å². The molecule has 6 heteroatoms. The first kappa shape index (κ1) is 25.2. The van der Waals surface area contributed by atoms with Gasteiger partial charge in [-0.3, -0.25) is 4.57 Å². The normalized spacial score (nSPS) is 17.2. The molecule has 0 fully saturated rings. The van der Waals surface area contributed by atoms with Crippen molar-refractivity contribution in [1.29, 1.82) is 0 Å². The fraction of sp³-hybridized carbons (Fsp3) is 0.593. The average Bonchev–Trinajstić information content (AvgIpc) is 3.08. The Hall–Kier alpha value is -2.47. The van der Waals surface area contributed by atoms with Gasteiger partial charge in [-0.05, 0) is 71.1 Å². The highest BCUT2D eigenvalue weighted by Crippen LogP contribution is 2.42. The zero-order chi connectivity index (χ0) is 24.0. The summed E-state index contributed by atoms with van der Waals surface area (Å²) in [5, 5.41) is 0. The number of allylic oxidation sites excluding steroid dienone is 6. The zero-order valence-corrected chi connectivity index (χ0v) is 21.6. The second-order valence-electron chi connectivity index (χ2n) is 10.2. The fourth-order valence-corrected chi connectivity index (χ4v) is 5.04. The molecule has 0 bridgehead atoms. The van der Waals surface area contributed by atoms with Gasteiger partial charge in [0.15, 0.2) is 11.8 Å². The van der Waals surface area contributed by atoms with E-state index in [0.717, 1.165) is 30.6 Å². The van der Waals surface area contributed by atoms with E-state index in [-0.39, 0.29) is 0 Å². The molecule has 0 atom stereocenters. The minimum Gasteiger partial charge on any atom is -0.407 e. The highest BCUT2D eigenvalue weighted by atomic mass is 16.6. The Balaban J connectivity index is 1.56. The molecule has 180 valence electrons. The molecule has 0 spiro atoms. The molecule has 3 rings (SSSR count). The molecule has 1 aliphatic carbocycles. The van der Waals surface area contributed by atoms with E-state index < -0.39 is 0 Å². The highest BCUT2D eigenvalue weighted by molar-refractivity contribution is 5.81. The summed E-state index contributed by atoms with van der Waals surface area (Å²) in [6, 6.07) is 0. The number of aryl methyl sites for hydroxylation is 1. The van der Waals surface area contributed by atoms with Crippen molar-refractivity contribution < 1.29 is 9.40 Å². The van der Waals surface area contributed by atoms with Crippen LogP contribution in [0.4, 0.5) is 5.82 Å². The van der Waals surface area contributed by atoms with Gasteiger partial charge < -0.3 is 15.3 Å². The van der Waals surface area contributed by atoms with Crippen molar-refractivity contribution in [3.05, 3.63) is 52.6 Å². The van der Waals surface area contributed by atoms with Gasteiger partial charge in [0, 0.05) is 12.9 Å². The van der Waals surface area contributed by atoms with Crippen LogP contribution in [-0.2, 0) is 18.4 Å². The van der Waals surface area contributed by atoms with Crippen molar-refractivity contribution in [2.45, 2.75) is 86.1 Å². The molecule has 0 saturated heterocycles. The summed E-state index contributed by atoms with van der Waals surface area (Å²) in [5.74, 6) is 0.555. The summed E-state index contributed by atoms with van der Waals surface area (Å²) < 4.78 is 4.12. The molecule has 2 aromatic rings. The Bertz CT molecular complexity index is 1060. The summed E-state index contributed by atoms with van der Waals surface area (Å²) in [4.78, 5) is 13.6. The third kappa shape index (κ3) is 6.32. The average molecular weight is 452 g/mol. The molecular weight excluding hydrogens is 410 g/mol. The first-order valence-electron chi connectivity index (χ1n) is 12.2. The van der Waals surface area contributed by atoms with E-state index in [1.54, 1.807) is 11.1 Å². The molecule has 0 radical (unpaired) electrons. The Kier molecular flexibility index (Phi) is 8.46. The Morgan fingerprint density at radius 3 is 2.70 bits per heavy atom. The van der Waals surface area contributed by atoms with Crippen LogP contribution in [0.25, 0.3) is 16.6 Å². The molecule has 0 N–H and O–H groups in total. The van der Waals surface area contributed by atoms with Gasteiger partial charge in [-0.15, -0.1) is 4.98 Å². The summed E-state index contributed by atoms with van der Waals surface area (Å²) in [5.41, 5.74) is 12.4. The summed E-state index contributed by atoms with van der Waals surface area (Å²) >= 11 is 0. The van der Waals surface area contributed by atoms with Crippen LogP contribution in [0.2, 0.25) is 0 Å². The van der Waals surface area contributed by atoms with Crippen LogP contribution in [0.3, 0.4) is 0 Å². The standard InChI is InChI=1S/C27H41N5O/c1-20(13-14-23-22(3)12-9-16-27(23,4)5)10-8-11-21(2)15-17-32-19-31(6)26-24(32)25(30-33-7)28-18-29-26/h10,15,18-19H,8-9,11-14,16-17H2,1-7H3/b20-10+,21-15+. The number of hydrogen-bond donors (Lipinski definition) is 0. The van der Waals surface area contributed by atoms with Crippen molar-refractivity contribution in [1.82, 2.24) is 14.5 Å². The largest absolute Gasteiger partial charge is 0.407 e. The van der Waals surface area contributed by atoms with Gasteiger partial charge in [0.2, 0.25) is 0 Å². The molecular formula is C27H41N5O. The van der Waals surface area contributed by atoms with E-state index in [1.807, 2.05) is 17.9 Å². The van der Waals surface area contributed by atoms with Gasteiger partial charge in [-0.2, -0.15) is 0 Å². The van der Waals surface area contributed by atoms with Gasteiger partial charge in [0.1, 0.15) is 0 Å². The van der Waals surface area contributed by atoms with E-state index in [1.165, 1.54) is 56.7 Å². The summed E-state index contributed by atoms with van der Waals surface area (Å²) in [7, 11) is 3.52. The predicted molar refractivity (Wildman–Crippen MR) is 135 cm³/mol. The maximum Gasteiger partial charge on any atom is 0.300 e. The Morgan fingerprint density at radius 1 is 1.21 bits per heavy atom. The lowest BCUT2D eigenvalue weighted by Gasteiger charge is -2.35. The van der Waals surface area contributed by atoms with Gasteiger partial charge in [0.05, 0.1) is 19.9 Å². The molecule has 2 heterocycles. The van der Waals surface area contributed by atoms with Crippen molar-refractivity contribution in [2.24, 2.45) is 12.5 Å². The second-order valence-corrected chi connectivity index (χ2v) is 10.2. The van der Waals surface area contributed by atoms with Gasteiger partial charge in [-0.25, -0.2) is 4.57 Å². The maximum absolute atomic E-state index is 4.96. The topological polar surface area (TPSA) is 57.9 Å². The lowest BCUT2D eigenvalue weighted by Crippen LogP contribution is -2.26. The zero-order valence-electron chi connectivity index (χ0n) is 21.6. The first-order chi connectivity index (χ1) is 15.7. The van der Waals surface area contributed by atoms with Gasteiger partial charge in [0.25, 0.3) is 0 Å². The maximum atomic E-state index is 4.96. The van der Waals surface area contributed by atoms with E-state index in [2.05, 4.69) is 66.8 Å². The lowest BCUT2D eigenvalue weighted by atomic mass is 9.71. The first-order valence-corrected chi connectivity index (χ1v) is 12.2. The van der Waals surface area contributed by atoms with Crippen LogP contribution in [0, 0.1) is 5.41 Å². The third-order valence-corrected chi connectivity index (χ3v) is 7.02. The number of nitrogens with zero attached hydrogens (tertiary/aromatic N) is 5. The van der Waals surface area contributed by atoms with Crippen molar-refractivity contribution in [2.75, 3.05) is 7.11 Å². The number of fused-ring (bicyclic) bond motifs is 1. The number of hydrogen-bond acceptors (Lipinski definition) is 3. The summed E-state index contributed by atoms with van der Waals surface area (Å²) in [6.07, 6.45) is 16.8. The number of imidazole rings is 1. The fourth-order valence-electron chi connectivity index (χ4n) is 5.04. The molecule has 1 aliphatic rings. The van der Waals surface area contributed by atoms with Crippen LogP contribution in [0.5, 0.6) is 0 Å².